The highest BCUT2D eigenvalue weighted by Gasteiger charge is 2.21. The Morgan fingerprint density at radius 2 is 1.77 bits per heavy atom. The van der Waals surface area contributed by atoms with Crippen molar-refractivity contribution in [2.75, 3.05) is 0 Å². The summed E-state index contributed by atoms with van der Waals surface area (Å²) in [4.78, 5) is 37.4. The number of aromatic nitrogens is 2. The van der Waals surface area contributed by atoms with Crippen LogP contribution < -0.4 is 16.0 Å². The lowest BCUT2D eigenvalue weighted by atomic mass is 10.0. The average Bonchev–Trinajstić information content (AvgIpc) is 2.76. The predicted molar refractivity (Wildman–Crippen MR) is 114 cm³/mol. The number of rotatable bonds is 9. The normalized spacial score (nSPS) is 11.9. The number of aliphatic carboxylic acids is 1. The van der Waals surface area contributed by atoms with E-state index in [4.69, 9.17) is 0 Å². The summed E-state index contributed by atoms with van der Waals surface area (Å²) in [5, 5.41) is 28.5. The molecule has 2 N–H and O–H groups in total. The van der Waals surface area contributed by atoms with Crippen molar-refractivity contribution >= 4 is 22.6 Å². The van der Waals surface area contributed by atoms with Crippen molar-refractivity contribution in [2.45, 2.75) is 45.2 Å². The number of nitrogens with one attached hydrogen (secondary N) is 1. The highest BCUT2D eigenvalue weighted by atomic mass is 16.4. The second kappa shape index (κ2) is 9.88. The van der Waals surface area contributed by atoms with E-state index in [0.29, 0.717) is 22.9 Å². The number of benzene rings is 2. The minimum Gasteiger partial charge on any atom is -0.548 e. The number of hydrogen-bond donors (Lipinski definition) is 2. The molecule has 3 aromatic rings. The Kier molecular flexibility index (Phi) is 7.02. The maximum absolute atomic E-state index is 13.0. The number of carbonyl (C=O) groups is 2. The molecule has 0 aliphatic carbocycles. The fourth-order valence-electron chi connectivity index (χ4n) is 3.35. The van der Waals surface area contributed by atoms with E-state index in [0.717, 1.165) is 19.3 Å². The van der Waals surface area contributed by atoms with Crippen molar-refractivity contribution in [3.05, 3.63) is 70.1 Å². The van der Waals surface area contributed by atoms with Crippen molar-refractivity contribution in [2.24, 2.45) is 0 Å². The van der Waals surface area contributed by atoms with Gasteiger partial charge in [0, 0.05) is 11.9 Å². The molecule has 0 aliphatic heterocycles. The minimum atomic E-state index is -1.44. The van der Waals surface area contributed by atoms with E-state index >= 15 is 0 Å². The quantitative estimate of drug-likeness (QED) is 0.502. The van der Waals surface area contributed by atoms with E-state index < -0.39 is 17.9 Å². The van der Waals surface area contributed by atoms with Crippen LogP contribution in [0, 0.1) is 0 Å². The molecule has 0 aliphatic rings. The zero-order valence-electron chi connectivity index (χ0n) is 17.2. The highest BCUT2D eigenvalue weighted by molar-refractivity contribution is 6.05. The van der Waals surface area contributed by atoms with E-state index in [-0.39, 0.29) is 23.4 Å². The first-order chi connectivity index (χ1) is 14.9. The van der Waals surface area contributed by atoms with E-state index in [1.807, 2.05) is 6.92 Å². The predicted octanol–water partition coefficient (Wildman–Crippen LogP) is 1.38. The molecule has 0 radical (unpaired) electrons. The molecule has 1 atom stereocenters. The number of aryl methyl sites for hydroxylation is 1. The summed E-state index contributed by atoms with van der Waals surface area (Å²) in [7, 11) is 0. The Hall–Kier alpha value is -3.68. The summed E-state index contributed by atoms with van der Waals surface area (Å²) >= 11 is 0. The van der Waals surface area contributed by atoms with E-state index in [1.165, 1.54) is 16.8 Å². The first-order valence-electron chi connectivity index (χ1n) is 10.2. The van der Waals surface area contributed by atoms with Gasteiger partial charge in [0.25, 0.3) is 11.5 Å². The monoisotopic (exact) mass is 422 g/mol. The molecule has 31 heavy (non-hydrogen) atoms. The Balaban J connectivity index is 1.92. The SMILES string of the molecule is CCCCCn1nc(C(=O)N[C@H](Cc2ccc(O)cc2)C(=O)[O-])c2ccccc2c1=O. The topological polar surface area (TPSA) is 124 Å². The molecule has 1 heterocycles. The van der Waals surface area contributed by atoms with Gasteiger partial charge >= 0.3 is 0 Å². The molecule has 8 nitrogen and oxygen atoms in total. The van der Waals surface area contributed by atoms with Gasteiger partial charge < -0.3 is 20.3 Å². The van der Waals surface area contributed by atoms with Gasteiger partial charge in [-0.3, -0.25) is 9.59 Å². The van der Waals surface area contributed by atoms with Crippen LogP contribution >= 0.6 is 0 Å². The summed E-state index contributed by atoms with van der Waals surface area (Å²) < 4.78 is 1.26. The summed E-state index contributed by atoms with van der Waals surface area (Å²) in [6, 6.07) is 11.3. The first kappa shape index (κ1) is 22.0. The third-order valence-electron chi connectivity index (χ3n) is 5.02. The maximum atomic E-state index is 13.0. The Morgan fingerprint density at radius 1 is 1.10 bits per heavy atom. The van der Waals surface area contributed by atoms with E-state index in [9.17, 15) is 24.6 Å². The number of fused-ring (bicyclic) bond motifs is 1. The van der Waals surface area contributed by atoms with Gasteiger partial charge in [0.05, 0.1) is 17.4 Å². The Bertz CT molecular complexity index is 1140. The molecule has 1 aromatic heterocycles. The van der Waals surface area contributed by atoms with Crippen molar-refractivity contribution in [1.29, 1.82) is 0 Å². The van der Waals surface area contributed by atoms with E-state index in [2.05, 4.69) is 10.4 Å². The van der Waals surface area contributed by atoms with Crippen LogP contribution in [0.1, 0.15) is 42.2 Å². The van der Waals surface area contributed by atoms with Gasteiger partial charge in [-0.2, -0.15) is 5.10 Å². The first-order valence-corrected chi connectivity index (χ1v) is 10.2. The third-order valence-corrected chi connectivity index (χ3v) is 5.02. The largest absolute Gasteiger partial charge is 0.548 e. The molecule has 0 saturated heterocycles. The fraction of sp³-hybridized carbons (Fsp3) is 0.304. The van der Waals surface area contributed by atoms with Crippen molar-refractivity contribution in [3.8, 4) is 5.75 Å². The maximum Gasteiger partial charge on any atom is 0.274 e. The Labute approximate surface area is 179 Å². The molecule has 162 valence electrons. The smallest absolute Gasteiger partial charge is 0.274 e. The zero-order valence-corrected chi connectivity index (χ0v) is 17.2. The lowest BCUT2D eigenvalue weighted by Crippen LogP contribution is -2.49. The molecule has 2 aromatic carbocycles. The number of aromatic hydroxyl groups is 1. The third kappa shape index (κ3) is 5.28. The van der Waals surface area contributed by atoms with Crippen LogP contribution in [-0.2, 0) is 17.8 Å². The molecule has 0 bridgehead atoms. The molecular formula is C23H24N3O5-. The molecule has 8 heteroatoms. The molecule has 0 saturated carbocycles. The van der Waals surface area contributed by atoms with Gasteiger partial charge in [-0.05, 0) is 36.6 Å². The molecule has 0 fully saturated rings. The lowest BCUT2D eigenvalue weighted by molar-refractivity contribution is -0.308. The molecule has 1 amide bonds. The zero-order chi connectivity index (χ0) is 22.4. The van der Waals surface area contributed by atoms with Crippen LogP contribution in [0.15, 0.2) is 53.3 Å². The summed E-state index contributed by atoms with van der Waals surface area (Å²) in [6.07, 6.45) is 2.61. The number of phenolic OH excluding ortho intramolecular Hbond substituents is 1. The number of phenols is 1. The van der Waals surface area contributed by atoms with Gasteiger partial charge in [0.2, 0.25) is 0 Å². The number of carbonyl (C=O) groups excluding carboxylic acids is 2. The molecular weight excluding hydrogens is 398 g/mol. The summed E-state index contributed by atoms with van der Waals surface area (Å²) in [5.74, 6) is -2.09. The Morgan fingerprint density at radius 3 is 2.42 bits per heavy atom. The van der Waals surface area contributed by atoms with Gasteiger partial charge in [-0.25, -0.2) is 4.68 Å². The van der Waals surface area contributed by atoms with Crippen LogP contribution in [0.2, 0.25) is 0 Å². The number of hydrogen-bond acceptors (Lipinski definition) is 6. The van der Waals surface area contributed by atoms with Crippen LogP contribution in [0.4, 0.5) is 0 Å². The molecule has 0 unspecified atom stereocenters. The lowest BCUT2D eigenvalue weighted by Gasteiger charge is -2.20. The number of nitrogens with zero attached hydrogens (tertiary/aromatic N) is 2. The van der Waals surface area contributed by atoms with Crippen molar-refractivity contribution in [3.63, 3.8) is 0 Å². The number of amides is 1. The highest BCUT2D eigenvalue weighted by Crippen LogP contribution is 2.15. The second-order valence-corrected chi connectivity index (χ2v) is 7.35. The summed E-state index contributed by atoms with van der Waals surface area (Å²) in [6.45, 7) is 2.42. The minimum absolute atomic E-state index is 0.0105. The van der Waals surface area contributed by atoms with E-state index in [1.54, 1.807) is 36.4 Å². The van der Waals surface area contributed by atoms with Gasteiger partial charge in [-0.15, -0.1) is 0 Å². The van der Waals surface area contributed by atoms with Crippen LogP contribution in [0.25, 0.3) is 10.8 Å². The van der Waals surface area contributed by atoms with Crippen LogP contribution in [-0.4, -0.2) is 32.8 Å². The number of unbranched alkanes of at least 4 members (excludes halogenated alkanes) is 2. The van der Waals surface area contributed by atoms with Crippen molar-refractivity contribution < 1.29 is 19.8 Å². The van der Waals surface area contributed by atoms with Crippen LogP contribution in [0.3, 0.4) is 0 Å². The number of carboxylic acids is 1. The van der Waals surface area contributed by atoms with Crippen molar-refractivity contribution in [1.82, 2.24) is 15.1 Å². The fourth-order valence-corrected chi connectivity index (χ4v) is 3.35. The van der Waals surface area contributed by atoms with Crippen LogP contribution in [0.5, 0.6) is 5.75 Å². The standard InChI is InChI=1S/C23H25N3O5/c1-2-3-6-13-26-22(29)18-8-5-4-7-17(18)20(25-26)21(28)24-19(23(30)31)14-15-9-11-16(27)12-10-15/h4-5,7-12,19,27H,2-3,6,13-14H2,1H3,(H,24,28)(H,30,31)/p-1/t19-/m1/s1. The van der Waals surface area contributed by atoms with Gasteiger partial charge in [0.15, 0.2) is 5.69 Å². The average molecular weight is 422 g/mol. The van der Waals surface area contributed by atoms with Gasteiger partial charge in [-0.1, -0.05) is 50.1 Å². The molecule has 0 spiro atoms. The molecule has 3 rings (SSSR count). The number of carboxylic acid groups (broad SMARTS) is 1. The van der Waals surface area contributed by atoms with Gasteiger partial charge in [0.1, 0.15) is 5.75 Å². The second-order valence-electron chi connectivity index (χ2n) is 7.35. The summed E-state index contributed by atoms with van der Waals surface area (Å²) in [5.41, 5.74) is 0.308.